The van der Waals surface area contributed by atoms with Crippen LogP contribution in [0.3, 0.4) is 0 Å². The zero-order valence-corrected chi connectivity index (χ0v) is 9.90. The lowest BCUT2D eigenvalue weighted by Gasteiger charge is -2.10. The number of nitrogens with one attached hydrogen (secondary N) is 2. The largest absolute Gasteiger partial charge is 0.367 e. The maximum absolute atomic E-state index is 11.1. The fraction of sp³-hybridized carbons (Fsp3) is 0.556. The molecule has 1 unspecified atom stereocenters. The number of alkyl halides is 1. The van der Waals surface area contributed by atoms with Gasteiger partial charge in [0.2, 0.25) is 0 Å². The molecule has 0 aliphatic rings. The van der Waals surface area contributed by atoms with Crippen molar-refractivity contribution < 1.29 is 0 Å². The summed E-state index contributed by atoms with van der Waals surface area (Å²) in [5.41, 5.74) is -0.351. The van der Waals surface area contributed by atoms with E-state index in [9.17, 15) is 4.79 Å². The monoisotopic (exact) mass is 249 g/mol. The number of hydrogen-bond acceptors (Lipinski definition) is 3. The summed E-state index contributed by atoms with van der Waals surface area (Å²) in [6.07, 6.45) is 3.24. The van der Waals surface area contributed by atoms with Crippen LogP contribution in [0.5, 0.6) is 0 Å². The molecule has 6 heteroatoms. The average Bonchev–Trinajstić information content (AvgIpc) is 2.21. The van der Waals surface area contributed by atoms with Gasteiger partial charge in [0, 0.05) is 6.54 Å². The van der Waals surface area contributed by atoms with E-state index in [1.54, 1.807) is 0 Å². The quantitative estimate of drug-likeness (QED) is 0.788. The van der Waals surface area contributed by atoms with Gasteiger partial charge in [-0.05, 0) is 6.42 Å². The van der Waals surface area contributed by atoms with Crippen LogP contribution in [0.25, 0.3) is 0 Å². The number of rotatable bonds is 5. The number of hydrogen-bond donors (Lipinski definition) is 2. The highest BCUT2D eigenvalue weighted by Gasteiger charge is 2.07. The van der Waals surface area contributed by atoms with Crippen LogP contribution in [-0.2, 0) is 0 Å². The number of nitrogens with zero attached hydrogens (tertiary/aromatic N) is 1. The predicted octanol–water partition coefficient (Wildman–Crippen LogP) is 2.24. The Morgan fingerprint density at radius 1 is 1.67 bits per heavy atom. The SMILES string of the molecule is CCCC(Cl)CNc1nc[nH]c(=O)c1Cl. The molecule has 0 bridgehead atoms. The van der Waals surface area contributed by atoms with E-state index in [1.165, 1.54) is 6.33 Å². The summed E-state index contributed by atoms with van der Waals surface area (Å²) in [6, 6.07) is 0. The minimum Gasteiger partial charge on any atom is -0.367 e. The number of anilines is 1. The van der Waals surface area contributed by atoms with Gasteiger partial charge >= 0.3 is 0 Å². The van der Waals surface area contributed by atoms with E-state index in [1.807, 2.05) is 0 Å². The van der Waals surface area contributed by atoms with Crippen LogP contribution < -0.4 is 10.9 Å². The molecule has 0 saturated heterocycles. The van der Waals surface area contributed by atoms with Gasteiger partial charge < -0.3 is 10.3 Å². The van der Waals surface area contributed by atoms with Crippen LogP contribution in [0.1, 0.15) is 19.8 Å². The Hall–Kier alpha value is -0.740. The molecule has 0 saturated carbocycles. The van der Waals surface area contributed by atoms with Gasteiger partial charge in [-0.2, -0.15) is 0 Å². The molecular weight excluding hydrogens is 237 g/mol. The number of aromatic amines is 1. The number of aromatic nitrogens is 2. The van der Waals surface area contributed by atoms with Gasteiger partial charge in [-0.25, -0.2) is 4.98 Å². The van der Waals surface area contributed by atoms with Crippen molar-refractivity contribution in [3.8, 4) is 0 Å². The fourth-order valence-corrected chi connectivity index (χ4v) is 1.59. The van der Waals surface area contributed by atoms with Gasteiger partial charge in [0.15, 0.2) is 5.82 Å². The molecule has 4 nitrogen and oxygen atoms in total. The van der Waals surface area contributed by atoms with Crippen molar-refractivity contribution in [1.29, 1.82) is 0 Å². The zero-order valence-electron chi connectivity index (χ0n) is 8.39. The van der Waals surface area contributed by atoms with Crippen LogP contribution in [0.2, 0.25) is 5.02 Å². The molecular formula is C9H13Cl2N3O. The fourth-order valence-electron chi connectivity index (χ4n) is 1.13. The Labute approximate surface area is 98.0 Å². The first-order valence-corrected chi connectivity index (χ1v) is 5.57. The van der Waals surface area contributed by atoms with E-state index in [2.05, 4.69) is 22.2 Å². The Kier molecular flexibility index (Phi) is 4.91. The van der Waals surface area contributed by atoms with Crippen LogP contribution in [0, 0.1) is 0 Å². The van der Waals surface area contributed by atoms with Crippen molar-refractivity contribution in [3.63, 3.8) is 0 Å². The van der Waals surface area contributed by atoms with Crippen molar-refractivity contribution in [2.45, 2.75) is 25.1 Å². The van der Waals surface area contributed by atoms with Gasteiger partial charge in [0.05, 0.1) is 11.7 Å². The minimum absolute atomic E-state index is 0.0205. The van der Waals surface area contributed by atoms with E-state index >= 15 is 0 Å². The maximum Gasteiger partial charge on any atom is 0.271 e. The first-order valence-electron chi connectivity index (χ1n) is 4.76. The van der Waals surface area contributed by atoms with Crippen LogP contribution >= 0.6 is 23.2 Å². The zero-order chi connectivity index (χ0) is 11.3. The highest BCUT2D eigenvalue weighted by Crippen LogP contribution is 2.13. The summed E-state index contributed by atoms with van der Waals surface area (Å²) in [5.74, 6) is 0.377. The molecule has 0 amide bonds. The predicted molar refractivity (Wildman–Crippen MR) is 62.9 cm³/mol. The normalized spacial score (nSPS) is 12.5. The third-order valence-corrected chi connectivity index (χ3v) is 2.61. The highest BCUT2D eigenvalue weighted by atomic mass is 35.5. The van der Waals surface area contributed by atoms with Crippen LogP contribution in [-0.4, -0.2) is 21.9 Å². The Morgan fingerprint density at radius 2 is 2.40 bits per heavy atom. The smallest absolute Gasteiger partial charge is 0.271 e. The summed E-state index contributed by atoms with van der Waals surface area (Å²) in [5, 5.41) is 3.03. The third kappa shape index (κ3) is 3.72. The van der Waals surface area contributed by atoms with E-state index in [-0.39, 0.29) is 16.0 Å². The van der Waals surface area contributed by atoms with Crippen molar-refractivity contribution >= 4 is 29.0 Å². The van der Waals surface area contributed by atoms with Crippen molar-refractivity contribution in [2.75, 3.05) is 11.9 Å². The molecule has 1 aromatic rings. The molecule has 1 rings (SSSR count). The van der Waals surface area contributed by atoms with E-state index in [0.29, 0.717) is 12.4 Å². The topological polar surface area (TPSA) is 57.8 Å². The van der Waals surface area contributed by atoms with E-state index in [4.69, 9.17) is 23.2 Å². The minimum atomic E-state index is -0.351. The van der Waals surface area contributed by atoms with Gasteiger partial charge in [-0.3, -0.25) is 4.79 Å². The Balaban J connectivity index is 2.58. The summed E-state index contributed by atoms with van der Waals surface area (Å²) in [4.78, 5) is 17.4. The number of halogens is 2. The Bertz CT molecular complexity index is 367. The van der Waals surface area contributed by atoms with E-state index in [0.717, 1.165) is 12.8 Å². The second kappa shape index (κ2) is 5.98. The molecule has 15 heavy (non-hydrogen) atoms. The molecule has 0 aliphatic carbocycles. The summed E-state index contributed by atoms with van der Waals surface area (Å²) >= 11 is 11.7. The summed E-state index contributed by atoms with van der Waals surface area (Å²) < 4.78 is 0. The standard InChI is InChI=1S/C9H13Cl2N3O/c1-2-3-6(10)4-12-8-7(11)9(15)14-5-13-8/h5-6H,2-4H2,1H3,(H2,12,13,14,15). The second-order valence-electron chi connectivity index (χ2n) is 3.16. The van der Waals surface area contributed by atoms with Gasteiger partial charge in [-0.1, -0.05) is 24.9 Å². The lowest BCUT2D eigenvalue weighted by atomic mass is 10.2. The third-order valence-electron chi connectivity index (χ3n) is 1.89. The molecule has 0 aliphatic heterocycles. The molecule has 0 radical (unpaired) electrons. The molecule has 2 N–H and O–H groups in total. The molecule has 0 aromatic carbocycles. The van der Waals surface area contributed by atoms with Crippen LogP contribution in [0.15, 0.2) is 11.1 Å². The maximum atomic E-state index is 11.1. The molecule has 1 atom stereocenters. The molecule has 0 fully saturated rings. The summed E-state index contributed by atoms with van der Waals surface area (Å²) in [7, 11) is 0. The van der Waals surface area contributed by atoms with Gasteiger partial charge in [0.1, 0.15) is 5.02 Å². The molecule has 1 heterocycles. The van der Waals surface area contributed by atoms with Crippen molar-refractivity contribution in [1.82, 2.24) is 9.97 Å². The van der Waals surface area contributed by atoms with E-state index < -0.39 is 0 Å². The van der Waals surface area contributed by atoms with Gasteiger partial charge in [-0.15, -0.1) is 11.6 Å². The average molecular weight is 250 g/mol. The Morgan fingerprint density at radius 3 is 3.07 bits per heavy atom. The van der Waals surface area contributed by atoms with Gasteiger partial charge in [0.25, 0.3) is 5.56 Å². The van der Waals surface area contributed by atoms with Crippen molar-refractivity contribution in [3.05, 3.63) is 21.7 Å². The first kappa shape index (κ1) is 12.3. The lowest BCUT2D eigenvalue weighted by molar-refractivity contribution is 0.750. The first-order chi connectivity index (χ1) is 7.15. The number of H-pyrrole nitrogens is 1. The highest BCUT2D eigenvalue weighted by molar-refractivity contribution is 6.32. The van der Waals surface area contributed by atoms with Crippen molar-refractivity contribution in [2.24, 2.45) is 0 Å². The molecule has 1 aromatic heterocycles. The second-order valence-corrected chi connectivity index (χ2v) is 4.16. The summed E-state index contributed by atoms with van der Waals surface area (Å²) in [6.45, 7) is 2.61. The van der Waals surface area contributed by atoms with Crippen LogP contribution in [0.4, 0.5) is 5.82 Å². The molecule has 84 valence electrons. The molecule has 0 spiro atoms. The lowest BCUT2D eigenvalue weighted by Crippen LogP contribution is -2.17.